The molecule has 1 unspecified atom stereocenters. The van der Waals surface area contributed by atoms with Crippen molar-refractivity contribution in [3.8, 4) is 11.5 Å². The smallest absolute Gasteiger partial charge is 0.138 e. The highest BCUT2D eigenvalue weighted by Crippen LogP contribution is 2.39. The molecule has 5 nitrogen and oxygen atoms in total. The van der Waals surface area contributed by atoms with Gasteiger partial charge in [-0.25, -0.2) is 4.98 Å². The molecule has 0 aliphatic carbocycles. The Morgan fingerprint density at radius 2 is 2.04 bits per heavy atom. The lowest BCUT2D eigenvalue weighted by Gasteiger charge is -2.26. The van der Waals surface area contributed by atoms with Gasteiger partial charge in [0, 0.05) is 34.7 Å². The Morgan fingerprint density at radius 1 is 1.19 bits per heavy atom. The molecule has 2 heterocycles. The molecular formula is C21H21BrN2O3. The minimum Gasteiger partial charge on any atom is -0.497 e. The van der Waals surface area contributed by atoms with E-state index in [1.54, 1.807) is 14.2 Å². The first-order valence-corrected chi connectivity index (χ1v) is 9.74. The van der Waals surface area contributed by atoms with E-state index in [1.807, 2.05) is 36.4 Å². The normalized spacial score (nSPS) is 16.0. The van der Waals surface area contributed by atoms with Crippen LogP contribution >= 0.6 is 15.9 Å². The van der Waals surface area contributed by atoms with Gasteiger partial charge in [0.15, 0.2) is 0 Å². The lowest BCUT2D eigenvalue weighted by Crippen LogP contribution is -2.17. The predicted octanol–water partition coefficient (Wildman–Crippen LogP) is 4.83. The van der Waals surface area contributed by atoms with Crippen LogP contribution in [0.15, 0.2) is 42.5 Å². The first-order chi connectivity index (χ1) is 13.2. The molecule has 0 radical (unpaired) electrons. The monoisotopic (exact) mass is 428 g/mol. The Morgan fingerprint density at radius 3 is 2.85 bits per heavy atom. The second kappa shape index (κ2) is 7.74. The Kier molecular flexibility index (Phi) is 5.18. The number of ether oxygens (including phenoxy) is 3. The van der Waals surface area contributed by atoms with Crippen molar-refractivity contribution in [3.63, 3.8) is 0 Å². The zero-order valence-electron chi connectivity index (χ0n) is 15.3. The maximum Gasteiger partial charge on any atom is 0.138 e. The first kappa shape index (κ1) is 18.1. The van der Waals surface area contributed by atoms with Crippen LogP contribution in [0.3, 0.4) is 0 Å². The highest BCUT2D eigenvalue weighted by atomic mass is 79.9. The molecule has 0 amide bonds. The SMILES string of the molecule is COc1ccc(CNc2nc3ccccc3c3c2CCOC3Br)c(OC)c1. The molecular weight excluding hydrogens is 408 g/mol. The van der Waals surface area contributed by atoms with Crippen molar-refractivity contribution in [2.75, 3.05) is 26.1 Å². The number of nitrogens with one attached hydrogen (secondary N) is 1. The molecule has 1 atom stereocenters. The molecule has 4 rings (SSSR count). The van der Waals surface area contributed by atoms with E-state index in [2.05, 4.69) is 27.3 Å². The summed E-state index contributed by atoms with van der Waals surface area (Å²) < 4.78 is 16.6. The summed E-state index contributed by atoms with van der Waals surface area (Å²) in [5.74, 6) is 2.46. The number of alkyl halides is 1. The maximum atomic E-state index is 5.82. The van der Waals surface area contributed by atoms with Crippen LogP contribution in [0.4, 0.5) is 5.82 Å². The predicted molar refractivity (Wildman–Crippen MR) is 110 cm³/mol. The van der Waals surface area contributed by atoms with E-state index in [0.29, 0.717) is 13.2 Å². The number of methoxy groups -OCH3 is 2. The summed E-state index contributed by atoms with van der Waals surface area (Å²) in [5, 5.41) is 4.51. The third-order valence-corrected chi connectivity index (χ3v) is 5.54. The van der Waals surface area contributed by atoms with E-state index in [9.17, 15) is 0 Å². The van der Waals surface area contributed by atoms with E-state index >= 15 is 0 Å². The molecule has 1 aromatic heterocycles. The summed E-state index contributed by atoms with van der Waals surface area (Å²) >= 11 is 3.67. The third kappa shape index (κ3) is 3.47. The van der Waals surface area contributed by atoms with E-state index in [0.717, 1.165) is 45.8 Å². The van der Waals surface area contributed by atoms with Gasteiger partial charge >= 0.3 is 0 Å². The molecule has 0 saturated carbocycles. The zero-order chi connectivity index (χ0) is 18.8. The number of hydrogen-bond acceptors (Lipinski definition) is 5. The summed E-state index contributed by atoms with van der Waals surface area (Å²) in [6.07, 6.45) is 0.831. The molecule has 0 saturated heterocycles. The number of fused-ring (bicyclic) bond motifs is 3. The van der Waals surface area contributed by atoms with Crippen LogP contribution in [0.5, 0.6) is 11.5 Å². The number of pyridine rings is 1. The second-order valence-electron chi connectivity index (χ2n) is 6.34. The van der Waals surface area contributed by atoms with Crippen LogP contribution in [0.25, 0.3) is 10.9 Å². The number of nitrogens with zero attached hydrogens (tertiary/aromatic N) is 1. The summed E-state index contributed by atoms with van der Waals surface area (Å²) in [5.41, 5.74) is 4.37. The van der Waals surface area contributed by atoms with Crippen molar-refractivity contribution in [2.45, 2.75) is 18.0 Å². The molecule has 1 N–H and O–H groups in total. The highest BCUT2D eigenvalue weighted by Gasteiger charge is 2.25. The number of halogens is 1. The fourth-order valence-corrected chi connectivity index (χ4v) is 4.17. The van der Waals surface area contributed by atoms with Gasteiger partial charge in [0.25, 0.3) is 0 Å². The summed E-state index contributed by atoms with van der Waals surface area (Å²) in [7, 11) is 3.32. The van der Waals surface area contributed by atoms with E-state index in [-0.39, 0.29) is 5.01 Å². The number of benzene rings is 2. The average Bonchev–Trinajstić information content (AvgIpc) is 2.72. The van der Waals surface area contributed by atoms with Crippen molar-refractivity contribution in [2.24, 2.45) is 0 Å². The van der Waals surface area contributed by atoms with Crippen LogP contribution in [0.1, 0.15) is 21.7 Å². The summed E-state index contributed by atoms with van der Waals surface area (Å²) in [4.78, 5) is 4.87. The van der Waals surface area contributed by atoms with Crippen LogP contribution < -0.4 is 14.8 Å². The third-order valence-electron chi connectivity index (χ3n) is 4.82. The van der Waals surface area contributed by atoms with E-state index < -0.39 is 0 Å². The van der Waals surface area contributed by atoms with Crippen LogP contribution in [-0.4, -0.2) is 25.8 Å². The Bertz CT molecular complexity index is 977. The molecule has 2 aromatic carbocycles. The Hall–Kier alpha value is -2.31. The molecule has 27 heavy (non-hydrogen) atoms. The van der Waals surface area contributed by atoms with E-state index in [1.165, 1.54) is 5.56 Å². The fourth-order valence-electron chi connectivity index (χ4n) is 3.46. The van der Waals surface area contributed by atoms with Crippen molar-refractivity contribution < 1.29 is 14.2 Å². The van der Waals surface area contributed by atoms with Crippen molar-refractivity contribution >= 4 is 32.7 Å². The summed E-state index contributed by atoms with van der Waals surface area (Å²) in [6, 6.07) is 14.0. The van der Waals surface area contributed by atoms with Gasteiger partial charge in [0.2, 0.25) is 0 Å². The number of rotatable bonds is 5. The lowest BCUT2D eigenvalue weighted by molar-refractivity contribution is 0.109. The largest absolute Gasteiger partial charge is 0.497 e. The number of anilines is 1. The molecule has 0 fully saturated rings. The number of para-hydroxylation sites is 1. The molecule has 6 heteroatoms. The highest BCUT2D eigenvalue weighted by molar-refractivity contribution is 9.09. The quantitative estimate of drug-likeness (QED) is 0.589. The van der Waals surface area contributed by atoms with Crippen molar-refractivity contribution in [1.29, 1.82) is 0 Å². The minimum absolute atomic E-state index is 0.120. The molecule has 3 aromatic rings. The Balaban J connectivity index is 1.71. The molecule has 0 spiro atoms. The van der Waals surface area contributed by atoms with Gasteiger partial charge in [-0.3, -0.25) is 0 Å². The zero-order valence-corrected chi connectivity index (χ0v) is 16.9. The van der Waals surface area contributed by atoms with Crippen LogP contribution in [0, 0.1) is 0 Å². The summed E-state index contributed by atoms with van der Waals surface area (Å²) in [6.45, 7) is 1.28. The molecule has 1 aliphatic heterocycles. The van der Waals surface area contributed by atoms with Gasteiger partial charge in [-0.2, -0.15) is 0 Å². The maximum absolute atomic E-state index is 5.82. The average molecular weight is 429 g/mol. The van der Waals surface area contributed by atoms with Gasteiger partial charge in [-0.15, -0.1) is 0 Å². The molecule has 0 bridgehead atoms. The van der Waals surface area contributed by atoms with Crippen molar-refractivity contribution in [1.82, 2.24) is 4.98 Å². The number of hydrogen-bond donors (Lipinski definition) is 1. The van der Waals surface area contributed by atoms with Crippen LogP contribution in [0.2, 0.25) is 0 Å². The molecule has 140 valence electrons. The van der Waals surface area contributed by atoms with Gasteiger partial charge < -0.3 is 19.5 Å². The fraction of sp³-hybridized carbons (Fsp3) is 0.286. The standard InChI is InChI=1S/C21H21BrN2O3/c1-25-14-8-7-13(18(11-14)26-2)12-23-21-16-9-10-27-20(22)19(16)15-5-3-4-6-17(15)24-21/h3-8,11,20H,9-10,12H2,1-2H3,(H,23,24). The number of aromatic nitrogens is 1. The van der Waals surface area contributed by atoms with Crippen molar-refractivity contribution in [3.05, 3.63) is 59.2 Å². The lowest BCUT2D eigenvalue weighted by atomic mass is 9.99. The van der Waals surface area contributed by atoms with E-state index in [4.69, 9.17) is 19.2 Å². The van der Waals surface area contributed by atoms with Gasteiger partial charge in [-0.1, -0.05) is 34.1 Å². The first-order valence-electron chi connectivity index (χ1n) is 8.83. The second-order valence-corrected chi connectivity index (χ2v) is 7.17. The van der Waals surface area contributed by atoms with Gasteiger partial charge in [-0.05, 0) is 24.6 Å². The molecule has 1 aliphatic rings. The topological polar surface area (TPSA) is 52.6 Å². The Labute approximate surface area is 166 Å². The van der Waals surface area contributed by atoms with Gasteiger partial charge in [0.1, 0.15) is 22.3 Å². The van der Waals surface area contributed by atoms with Gasteiger partial charge in [0.05, 0.1) is 26.3 Å². The van der Waals surface area contributed by atoms with Crippen LogP contribution in [-0.2, 0) is 17.7 Å². The minimum atomic E-state index is -0.120.